The molecular weight excluding hydrogens is 356 g/mol. The van der Waals surface area contributed by atoms with Gasteiger partial charge in [-0.2, -0.15) is 0 Å². The Morgan fingerprint density at radius 3 is 2.68 bits per heavy atom. The molecule has 1 aliphatic rings. The lowest BCUT2D eigenvalue weighted by Crippen LogP contribution is -2.30. The van der Waals surface area contributed by atoms with Crippen LogP contribution in [0.15, 0.2) is 51.9 Å². The Morgan fingerprint density at radius 1 is 1.25 bits per heavy atom. The molecule has 0 unspecified atom stereocenters. The Hall–Kier alpha value is -3.09. The first kappa shape index (κ1) is 18.3. The molecule has 1 saturated carbocycles. The molecule has 3 aromatic rings. The van der Waals surface area contributed by atoms with Crippen LogP contribution in [0.1, 0.15) is 44.2 Å². The number of amides is 1. The first-order valence-corrected chi connectivity index (χ1v) is 9.77. The highest BCUT2D eigenvalue weighted by molar-refractivity contribution is 5.90. The van der Waals surface area contributed by atoms with Crippen LogP contribution in [0.25, 0.3) is 11.6 Å². The van der Waals surface area contributed by atoms with Gasteiger partial charge in [0, 0.05) is 11.7 Å². The fourth-order valence-electron chi connectivity index (χ4n) is 3.23. The van der Waals surface area contributed by atoms with Gasteiger partial charge in [-0.3, -0.25) is 9.36 Å². The minimum absolute atomic E-state index is 0.135. The monoisotopic (exact) mass is 380 g/mol. The Bertz CT molecular complexity index is 995. The van der Waals surface area contributed by atoms with Crippen LogP contribution in [-0.4, -0.2) is 20.3 Å². The summed E-state index contributed by atoms with van der Waals surface area (Å²) < 4.78 is 8.25. The maximum Gasteiger partial charge on any atom is 0.347 e. The summed E-state index contributed by atoms with van der Waals surface area (Å²) in [6.07, 6.45) is 6.77. The van der Waals surface area contributed by atoms with Gasteiger partial charge in [0.2, 0.25) is 11.7 Å². The number of aryl methyl sites for hydroxylation is 1. The lowest BCUT2D eigenvalue weighted by atomic mass is 10.1. The van der Waals surface area contributed by atoms with E-state index >= 15 is 0 Å². The van der Waals surface area contributed by atoms with Crippen LogP contribution >= 0.6 is 0 Å². The Labute approximate surface area is 163 Å². The minimum atomic E-state index is -0.283. The summed E-state index contributed by atoms with van der Waals surface area (Å²) in [7, 11) is 0. The number of carbonyl (C=O) groups excluding carboxylic acids is 1. The number of rotatable bonds is 8. The highest BCUT2D eigenvalue weighted by atomic mass is 16.3. The Morgan fingerprint density at radius 2 is 2.04 bits per heavy atom. The minimum Gasteiger partial charge on any atom is -0.461 e. The highest BCUT2D eigenvalue weighted by Crippen LogP contribution is 2.36. The third-order valence-electron chi connectivity index (χ3n) is 4.87. The van der Waals surface area contributed by atoms with E-state index < -0.39 is 0 Å². The summed E-state index contributed by atoms with van der Waals surface area (Å²) >= 11 is 0. The van der Waals surface area contributed by atoms with E-state index in [0.717, 1.165) is 32.1 Å². The number of nitrogens with zero attached hydrogens (tertiary/aromatic N) is 3. The van der Waals surface area contributed by atoms with Crippen molar-refractivity contribution in [2.75, 3.05) is 5.32 Å². The van der Waals surface area contributed by atoms with Crippen LogP contribution in [0, 0.1) is 0 Å². The standard InChI is InChI=1S/C21H24N4O3/c1-2-3-5-15-7-9-16(10-8-15)22-19(26)14-24-21(27)25(17-11-12-17)20(23-24)18-6-4-13-28-18/h4,6-10,13,17H,2-3,5,11-12,14H2,1H3,(H,22,26). The van der Waals surface area contributed by atoms with E-state index in [1.54, 1.807) is 23.0 Å². The normalized spacial score (nSPS) is 13.6. The van der Waals surface area contributed by atoms with E-state index in [-0.39, 0.29) is 24.2 Å². The smallest absolute Gasteiger partial charge is 0.347 e. The van der Waals surface area contributed by atoms with E-state index in [1.165, 1.54) is 10.2 Å². The van der Waals surface area contributed by atoms with E-state index in [0.29, 0.717) is 17.3 Å². The van der Waals surface area contributed by atoms with Crippen LogP contribution < -0.4 is 11.0 Å². The number of nitrogens with one attached hydrogen (secondary N) is 1. The molecule has 0 bridgehead atoms. The molecule has 2 aromatic heterocycles. The van der Waals surface area contributed by atoms with Crippen molar-refractivity contribution >= 4 is 11.6 Å². The van der Waals surface area contributed by atoms with Crippen molar-refractivity contribution < 1.29 is 9.21 Å². The fraction of sp³-hybridized carbons (Fsp3) is 0.381. The van der Waals surface area contributed by atoms with Gasteiger partial charge in [0.25, 0.3) is 0 Å². The number of anilines is 1. The summed E-state index contributed by atoms with van der Waals surface area (Å²) in [6, 6.07) is 11.5. The zero-order valence-electron chi connectivity index (χ0n) is 15.9. The third kappa shape index (κ3) is 3.93. The maximum atomic E-state index is 12.7. The van der Waals surface area contributed by atoms with E-state index in [9.17, 15) is 9.59 Å². The van der Waals surface area contributed by atoms with Crippen molar-refractivity contribution in [1.82, 2.24) is 14.3 Å². The molecule has 4 rings (SSSR count). The van der Waals surface area contributed by atoms with Gasteiger partial charge >= 0.3 is 5.69 Å². The molecule has 1 amide bonds. The molecule has 1 fully saturated rings. The molecule has 1 N–H and O–H groups in total. The predicted octanol–water partition coefficient (Wildman–Crippen LogP) is 3.62. The van der Waals surface area contributed by atoms with Crippen molar-refractivity contribution in [1.29, 1.82) is 0 Å². The predicted molar refractivity (Wildman–Crippen MR) is 106 cm³/mol. The summed E-state index contributed by atoms with van der Waals surface area (Å²) in [6.45, 7) is 2.03. The number of hydrogen-bond acceptors (Lipinski definition) is 4. The first-order chi connectivity index (χ1) is 13.7. The van der Waals surface area contributed by atoms with E-state index in [4.69, 9.17) is 4.42 Å². The SMILES string of the molecule is CCCCc1ccc(NC(=O)Cn2nc(-c3ccco3)n(C3CC3)c2=O)cc1. The number of furan rings is 1. The number of unbranched alkanes of at least 4 members (excludes halogenated alkanes) is 1. The highest BCUT2D eigenvalue weighted by Gasteiger charge is 2.31. The van der Waals surface area contributed by atoms with Gasteiger partial charge in [-0.25, -0.2) is 9.48 Å². The largest absolute Gasteiger partial charge is 0.461 e. The molecule has 0 spiro atoms. The topological polar surface area (TPSA) is 82.1 Å². The second-order valence-electron chi connectivity index (χ2n) is 7.19. The Kier molecular flexibility index (Phi) is 5.14. The van der Waals surface area contributed by atoms with Crippen LogP contribution in [0.5, 0.6) is 0 Å². The van der Waals surface area contributed by atoms with Gasteiger partial charge in [-0.15, -0.1) is 5.10 Å². The number of aromatic nitrogens is 3. The lowest BCUT2D eigenvalue weighted by Gasteiger charge is -2.06. The van der Waals surface area contributed by atoms with E-state index in [2.05, 4.69) is 17.3 Å². The summed E-state index contributed by atoms with van der Waals surface area (Å²) in [5, 5.41) is 7.19. The molecule has 7 nitrogen and oxygen atoms in total. The van der Waals surface area contributed by atoms with E-state index in [1.807, 2.05) is 24.3 Å². The second-order valence-corrected chi connectivity index (χ2v) is 7.19. The van der Waals surface area contributed by atoms with Crippen molar-refractivity contribution in [2.24, 2.45) is 0 Å². The lowest BCUT2D eigenvalue weighted by molar-refractivity contribution is -0.117. The average Bonchev–Trinajstić information content (AvgIpc) is 3.27. The van der Waals surface area contributed by atoms with Crippen LogP contribution in [-0.2, 0) is 17.8 Å². The second kappa shape index (κ2) is 7.88. The van der Waals surface area contributed by atoms with Gasteiger partial charge in [0.1, 0.15) is 6.54 Å². The number of benzene rings is 1. The van der Waals surface area contributed by atoms with Gasteiger partial charge in [0.05, 0.1) is 6.26 Å². The molecule has 0 atom stereocenters. The molecule has 7 heteroatoms. The molecule has 1 aromatic carbocycles. The average molecular weight is 380 g/mol. The maximum absolute atomic E-state index is 12.7. The van der Waals surface area contributed by atoms with Gasteiger partial charge in [-0.1, -0.05) is 25.5 Å². The van der Waals surface area contributed by atoms with Crippen molar-refractivity contribution in [3.8, 4) is 11.6 Å². The van der Waals surface area contributed by atoms with Gasteiger partial charge in [0.15, 0.2) is 5.76 Å². The molecule has 2 heterocycles. The van der Waals surface area contributed by atoms with Crippen LogP contribution in [0.3, 0.4) is 0 Å². The molecule has 0 radical (unpaired) electrons. The fourth-order valence-corrected chi connectivity index (χ4v) is 3.23. The molecule has 0 aliphatic heterocycles. The molecule has 146 valence electrons. The Balaban J connectivity index is 1.47. The zero-order chi connectivity index (χ0) is 19.5. The molecular formula is C21H24N4O3. The van der Waals surface area contributed by atoms with Crippen LogP contribution in [0.4, 0.5) is 5.69 Å². The zero-order valence-corrected chi connectivity index (χ0v) is 15.9. The van der Waals surface area contributed by atoms with Crippen molar-refractivity contribution in [3.63, 3.8) is 0 Å². The van der Waals surface area contributed by atoms with Crippen molar-refractivity contribution in [3.05, 3.63) is 58.7 Å². The summed E-state index contributed by atoms with van der Waals surface area (Å²) in [5.41, 5.74) is 1.69. The molecule has 0 saturated heterocycles. The van der Waals surface area contributed by atoms with Gasteiger partial charge < -0.3 is 9.73 Å². The third-order valence-corrected chi connectivity index (χ3v) is 4.87. The van der Waals surface area contributed by atoms with Crippen LogP contribution in [0.2, 0.25) is 0 Å². The van der Waals surface area contributed by atoms with Crippen molar-refractivity contribution in [2.45, 2.75) is 51.6 Å². The van der Waals surface area contributed by atoms with Gasteiger partial charge in [-0.05, 0) is 55.5 Å². The first-order valence-electron chi connectivity index (χ1n) is 9.77. The molecule has 28 heavy (non-hydrogen) atoms. The summed E-state index contributed by atoms with van der Waals surface area (Å²) in [5.74, 6) is 0.728. The summed E-state index contributed by atoms with van der Waals surface area (Å²) in [4.78, 5) is 25.2. The number of carbonyl (C=O) groups is 1. The number of hydrogen-bond donors (Lipinski definition) is 1. The quantitative estimate of drug-likeness (QED) is 0.647. The molecule has 1 aliphatic carbocycles.